The molecule has 6 nitrogen and oxygen atoms in total. The van der Waals surface area contributed by atoms with Crippen LogP contribution in [0.4, 0.5) is 0 Å². The molecule has 7 N–H and O–H groups in total. The van der Waals surface area contributed by atoms with Gasteiger partial charge in [-0.25, -0.2) is 0 Å². The van der Waals surface area contributed by atoms with Gasteiger partial charge in [-0.2, -0.15) is 0 Å². The second-order valence-electron chi connectivity index (χ2n) is 36.3. The zero-order chi connectivity index (χ0) is 109. The van der Waals surface area contributed by atoms with Crippen molar-refractivity contribution in [2.45, 2.75) is 622 Å². The molecule has 0 saturated heterocycles. The Morgan fingerprint density at radius 2 is 0.346 bits per heavy atom. The van der Waals surface area contributed by atoms with Crippen LogP contribution in [0, 0.1) is 76.4 Å². The van der Waals surface area contributed by atoms with Crippen LogP contribution >= 0.6 is 37.5 Å². The third-order valence-electron chi connectivity index (χ3n) is 10.2. The van der Waals surface area contributed by atoms with Gasteiger partial charge in [0.2, 0.25) is 0 Å². The first-order valence-corrected chi connectivity index (χ1v) is 53.7. The molecule has 0 amide bonds. The van der Waals surface area contributed by atoms with Crippen LogP contribution < -0.4 is 11.5 Å². The number of thiol groups is 2. The second kappa shape index (κ2) is 199. The highest BCUT2D eigenvalue weighted by atomic mass is 32.1. The van der Waals surface area contributed by atoms with Crippen molar-refractivity contribution in [2.75, 3.05) is 0 Å². The number of carbonyl (C=O) groups excluding carboxylic acids is 1. The number of hydrogen-bond acceptors (Lipinski definition) is 9. The summed E-state index contributed by atoms with van der Waals surface area (Å²) in [6.07, 6.45) is 22.5. The number of rotatable bonds is 12. The fourth-order valence-electron chi connectivity index (χ4n) is 5.46. The lowest BCUT2D eigenvalue weighted by Gasteiger charge is -2.09. The third kappa shape index (κ3) is 377. The molecular weight excluding hydrogens is 1600 g/mol. The molecular formula is C118H277N3O3S3. The number of carbonyl (C=O) groups is 1. The first-order chi connectivity index (χ1) is 57.4. The van der Waals surface area contributed by atoms with E-state index in [2.05, 4.69) is 413 Å². The Bertz CT molecular complexity index is 1540. The summed E-state index contributed by atoms with van der Waals surface area (Å²) >= 11 is 13.7. The Kier molecular flexibility index (Phi) is 320. The molecule has 0 aromatic heterocycles. The molecule has 0 aromatic carbocycles. The van der Waals surface area contributed by atoms with Gasteiger partial charge in [0.1, 0.15) is 5.78 Å². The van der Waals surface area contributed by atoms with Gasteiger partial charge in [-0.15, -0.1) is 25.3 Å². The van der Waals surface area contributed by atoms with Crippen molar-refractivity contribution >= 4 is 53.8 Å². The maximum Gasteiger partial charge on any atom is 0.137 e. The minimum Gasteiger partial charge on any atom is -0.512 e. The monoisotopic (exact) mass is 1880 g/mol. The van der Waals surface area contributed by atoms with Crippen molar-refractivity contribution in [2.24, 2.45) is 82.5 Å². The van der Waals surface area contributed by atoms with Crippen molar-refractivity contribution in [3.8, 4) is 0 Å². The molecule has 9 heteroatoms. The van der Waals surface area contributed by atoms with Crippen LogP contribution in [-0.2, 0) is 4.79 Å². The minimum atomic E-state index is 0. The van der Waals surface area contributed by atoms with Gasteiger partial charge < -0.3 is 27.1 Å². The van der Waals surface area contributed by atoms with E-state index in [-0.39, 0.29) is 31.1 Å². The minimum absolute atomic E-state index is 0. The highest BCUT2D eigenvalue weighted by molar-refractivity contribution is 7.84. The highest BCUT2D eigenvalue weighted by Gasteiger charge is 2.10. The Hall–Kier alpha value is -2.23. The molecule has 127 heavy (non-hydrogen) atoms. The van der Waals surface area contributed by atoms with E-state index in [1.807, 2.05) is 111 Å². The summed E-state index contributed by atoms with van der Waals surface area (Å²) in [5, 5.41) is 25.6. The van der Waals surface area contributed by atoms with Crippen molar-refractivity contribution in [1.82, 2.24) is 0 Å². The van der Waals surface area contributed by atoms with Crippen molar-refractivity contribution in [3.05, 3.63) is 66.2 Å². The molecule has 0 aromatic rings. The molecule has 0 aliphatic rings. The topological polar surface area (TPSA) is 133 Å². The standard InChI is InChI=1S/3C7H15N.3C7H14O.3C7H14S.18C3H8.CH4/c9*1-5(2)7(8)6(3)4;18*1-3-2;/h2*5H,8H2,1-4H3;5-6,8H,1-4H3;2*5,8H,1-4H3;5-6H,1-4H3;2*5,8H,1-4H3;5-6H,1-4H3;18*3H2,1-2H3;1H4. The van der Waals surface area contributed by atoms with E-state index in [1.165, 1.54) is 153 Å². The van der Waals surface area contributed by atoms with Gasteiger partial charge in [-0.1, -0.05) is 573 Å². The average molecular weight is 1880 g/mol. The normalized spacial score (nSPS) is 8.24. The van der Waals surface area contributed by atoms with Crippen LogP contribution in [-0.4, -0.2) is 26.6 Å². The highest BCUT2D eigenvalue weighted by Crippen LogP contribution is 2.19. The summed E-state index contributed by atoms with van der Waals surface area (Å²) in [5.74, 6) is 6.52. The van der Waals surface area contributed by atoms with E-state index < -0.39 is 0 Å². The predicted octanol–water partition coefficient (Wildman–Crippen LogP) is 47.5. The van der Waals surface area contributed by atoms with E-state index in [0.717, 1.165) is 28.3 Å². The fraction of sp³-hybridized carbons (Fsp3) is 0.873. The number of Topliss-reactive ketones (excluding diaryl/α,β-unsaturated/α-hetero) is 1. The van der Waals surface area contributed by atoms with Crippen LogP contribution in [0.2, 0.25) is 0 Å². The van der Waals surface area contributed by atoms with E-state index in [9.17, 15) is 4.79 Å². The summed E-state index contributed by atoms with van der Waals surface area (Å²) in [6, 6.07) is 0. The zero-order valence-corrected chi connectivity index (χ0v) is 106. The second-order valence-corrected chi connectivity index (χ2v) is 37.7. The van der Waals surface area contributed by atoms with Crippen LogP contribution in [0.25, 0.3) is 0 Å². The lowest BCUT2D eigenvalue weighted by molar-refractivity contribution is -0.124. The molecule has 0 radical (unpaired) electrons. The van der Waals surface area contributed by atoms with Gasteiger partial charge in [0.25, 0.3) is 0 Å². The van der Waals surface area contributed by atoms with E-state index in [1.54, 1.807) is 0 Å². The van der Waals surface area contributed by atoms with Gasteiger partial charge in [-0.05, 0) is 156 Å². The molecule has 0 rings (SSSR count). The number of allylic oxidation sites excluding steroid dienone is 12. The van der Waals surface area contributed by atoms with Crippen LogP contribution in [0.15, 0.2) is 66.2 Å². The van der Waals surface area contributed by atoms with Crippen LogP contribution in [0.1, 0.15) is 622 Å². The van der Waals surface area contributed by atoms with Gasteiger partial charge >= 0.3 is 0 Å². The number of hydrogen-bond donors (Lipinski definition) is 7. The van der Waals surface area contributed by atoms with Crippen LogP contribution in [0.3, 0.4) is 0 Å². The van der Waals surface area contributed by atoms with Gasteiger partial charge in [0.15, 0.2) is 0 Å². The Morgan fingerprint density at radius 1 is 0.228 bits per heavy atom. The van der Waals surface area contributed by atoms with Crippen molar-refractivity contribution in [3.63, 3.8) is 0 Å². The first kappa shape index (κ1) is 204. The van der Waals surface area contributed by atoms with E-state index in [0.29, 0.717) is 64.6 Å². The number of nitrogens with two attached hydrogens (primary N) is 2. The molecule has 0 heterocycles. The maximum absolute atomic E-state index is 10.8. The summed E-state index contributed by atoms with van der Waals surface area (Å²) in [4.78, 5) is 14.5. The number of ketones is 1. The Balaban J connectivity index is -0.0000000312. The smallest absolute Gasteiger partial charge is 0.137 e. The maximum atomic E-state index is 10.8. The summed E-state index contributed by atoms with van der Waals surface area (Å²) in [5.41, 5.74) is 21.3. The first-order valence-electron chi connectivity index (χ1n) is 52.4. The third-order valence-corrected chi connectivity index (χ3v) is 13.0. The largest absolute Gasteiger partial charge is 0.512 e. The lowest BCUT2D eigenvalue weighted by Crippen LogP contribution is -2.13. The van der Waals surface area contributed by atoms with Crippen LogP contribution in [0.5, 0.6) is 0 Å². The van der Waals surface area contributed by atoms with Gasteiger partial charge in [0, 0.05) is 40.8 Å². The zero-order valence-electron chi connectivity index (χ0n) is 103. The molecule has 0 bridgehead atoms. The number of thiocarbonyl (C=S) groups is 1. The Labute approximate surface area is 838 Å². The molecule has 0 atom stereocenters. The SMILES string of the molecule is C.CC(C)=C(N)C(C)C.CC(C)=C(N)C(C)C.CC(C)=C(O)C(C)C.CC(C)=C(O)C(C)C.CC(C)=C(S)C(C)C.CC(C)=C(S)C(C)C.CC(C)C(=N)C(C)C.CC(C)C(=O)C(C)C.CC(C)C(=S)C(C)C.CCC.CCC.CCC.CCC.CCC.CCC.CCC.CCC.CCC.CCC.CCC.CCC.CCC.CCC.CCC.CCC.CCC.CCC. The number of aliphatic hydroxyl groups is 2. The summed E-state index contributed by atoms with van der Waals surface area (Å²) < 4.78 is 0. The molecule has 0 spiro atoms. The molecule has 0 aliphatic carbocycles. The fourth-order valence-corrected chi connectivity index (χ4v) is 5.46. The molecule has 0 saturated carbocycles. The quantitative estimate of drug-likeness (QED) is 0.0451. The predicted molar refractivity (Wildman–Crippen MR) is 639 cm³/mol. The molecule has 0 unspecified atom stereocenters. The number of nitrogens with one attached hydrogen (secondary N) is 1. The summed E-state index contributed by atoms with van der Waals surface area (Å²) in [7, 11) is 0. The Morgan fingerprint density at radius 3 is 0.346 bits per heavy atom. The van der Waals surface area contributed by atoms with E-state index in [4.69, 9.17) is 39.3 Å². The molecule has 0 fully saturated rings. The van der Waals surface area contributed by atoms with Crippen molar-refractivity contribution < 1.29 is 15.0 Å². The average Bonchev–Trinajstić information content (AvgIpc) is 1.07. The van der Waals surface area contributed by atoms with Crippen molar-refractivity contribution in [1.29, 1.82) is 5.41 Å². The van der Waals surface area contributed by atoms with E-state index >= 15 is 0 Å². The summed E-state index contributed by atoms with van der Waals surface area (Å²) in [6.45, 7) is 150. The van der Waals surface area contributed by atoms with Gasteiger partial charge in [0.05, 0.1) is 11.5 Å². The lowest BCUT2D eigenvalue weighted by atomic mass is 9.98. The van der Waals surface area contributed by atoms with Gasteiger partial charge in [-0.3, -0.25) is 4.79 Å². The molecule has 800 valence electrons. The molecule has 0 aliphatic heterocycles. The number of aliphatic hydroxyl groups excluding tert-OH is 2.